The summed E-state index contributed by atoms with van der Waals surface area (Å²) in [6.45, 7) is 2.50. The van der Waals surface area contributed by atoms with E-state index < -0.39 is 0 Å². The van der Waals surface area contributed by atoms with Crippen molar-refractivity contribution in [2.45, 2.75) is 6.92 Å². The third kappa shape index (κ3) is 2.36. The monoisotopic (exact) mass is 230 g/mol. The maximum Gasteiger partial charge on any atom is 0.172 e. The van der Waals surface area contributed by atoms with Gasteiger partial charge in [0.05, 0.1) is 19.3 Å². The van der Waals surface area contributed by atoms with Crippen molar-refractivity contribution in [1.82, 2.24) is 9.97 Å². The van der Waals surface area contributed by atoms with Crippen LogP contribution >= 0.6 is 0 Å². The first-order valence-electron chi connectivity index (χ1n) is 5.44. The van der Waals surface area contributed by atoms with Crippen LogP contribution in [0.1, 0.15) is 6.92 Å². The first-order valence-corrected chi connectivity index (χ1v) is 5.44. The van der Waals surface area contributed by atoms with Crippen LogP contribution < -0.4 is 9.47 Å². The zero-order valence-corrected chi connectivity index (χ0v) is 9.88. The summed E-state index contributed by atoms with van der Waals surface area (Å²) in [5.41, 5.74) is 0.840. The smallest absolute Gasteiger partial charge is 0.172 e. The van der Waals surface area contributed by atoms with Gasteiger partial charge in [-0.15, -0.1) is 0 Å². The molecule has 4 nitrogen and oxygen atoms in total. The number of ether oxygens (including phenoxy) is 2. The molecule has 2 rings (SSSR count). The molecule has 0 aliphatic carbocycles. The second-order valence-electron chi connectivity index (χ2n) is 3.34. The molecule has 0 fully saturated rings. The average molecular weight is 230 g/mol. The van der Waals surface area contributed by atoms with E-state index in [1.54, 1.807) is 25.6 Å². The van der Waals surface area contributed by atoms with Crippen molar-refractivity contribution in [2.24, 2.45) is 0 Å². The molecule has 0 unspecified atom stereocenters. The van der Waals surface area contributed by atoms with E-state index >= 15 is 0 Å². The van der Waals surface area contributed by atoms with Gasteiger partial charge in [-0.2, -0.15) is 0 Å². The summed E-state index contributed by atoms with van der Waals surface area (Å²) in [7, 11) is 1.62. The van der Waals surface area contributed by atoms with E-state index in [0.29, 0.717) is 23.9 Å². The van der Waals surface area contributed by atoms with Crippen LogP contribution in [0.25, 0.3) is 11.4 Å². The van der Waals surface area contributed by atoms with Crippen LogP contribution in [0, 0.1) is 0 Å². The number of aromatic nitrogens is 2. The van der Waals surface area contributed by atoms with Crippen LogP contribution in [0.4, 0.5) is 0 Å². The van der Waals surface area contributed by atoms with Crippen molar-refractivity contribution in [2.75, 3.05) is 13.7 Å². The number of hydrogen-bond acceptors (Lipinski definition) is 4. The van der Waals surface area contributed by atoms with Crippen molar-refractivity contribution in [3.05, 3.63) is 36.7 Å². The summed E-state index contributed by atoms with van der Waals surface area (Å²) in [5, 5.41) is 0. The third-order valence-corrected chi connectivity index (χ3v) is 2.29. The van der Waals surface area contributed by atoms with Gasteiger partial charge in [-0.25, -0.2) is 9.97 Å². The highest BCUT2D eigenvalue weighted by atomic mass is 16.5. The van der Waals surface area contributed by atoms with E-state index in [-0.39, 0.29) is 0 Å². The van der Waals surface area contributed by atoms with Gasteiger partial charge in [0.15, 0.2) is 17.3 Å². The van der Waals surface area contributed by atoms with Crippen LogP contribution in [-0.2, 0) is 0 Å². The molecule has 4 heteroatoms. The third-order valence-electron chi connectivity index (χ3n) is 2.29. The van der Waals surface area contributed by atoms with E-state index in [1.165, 1.54) is 0 Å². The molecule has 0 radical (unpaired) electrons. The minimum atomic E-state index is 0.570. The standard InChI is InChI=1S/C13H14N2O2/c1-3-17-12-10(6-4-7-11(12)16-2)13-14-8-5-9-15-13/h4-9H,3H2,1-2H3. The molecule has 0 bridgehead atoms. The molecule has 2 aromatic rings. The topological polar surface area (TPSA) is 44.2 Å². The minimum absolute atomic E-state index is 0.570. The maximum atomic E-state index is 5.61. The molecule has 0 aliphatic heterocycles. The number of para-hydroxylation sites is 1. The van der Waals surface area contributed by atoms with Crippen molar-refractivity contribution < 1.29 is 9.47 Å². The number of rotatable bonds is 4. The van der Waals surface area contributed by atoms with Gasteiger partial charge in [-0.05, 0) is 25.1 Å². The van der Waals surface area contributed by atoms with Crippen molar-refractivity contribution in [1.29, 1.82) is 0 Å². The van der Waals surface area contributed by atoms with Gasteiger partial charge >= 0.3 is 0 Å². The highest BCUT2D eigenvalue weighted by Gasteiger charge is 2.13. The summed E-state index contributed by atoms with van der Waals surface area (Å²) < 4.78 is 10.9. The molecule has 1 heterocycles. The summed E-state index contributed by atoms with van der Waals surface area (Å²) in [6, 6.07) is 7.46. The quantitative estimate of drug-likeness (QED) is 0.809. The summed E-state index contributed by atoms with van der Waals surface area (Å²) in [4.78, 5) is 8.44. The highest BCUT2D eigenvalue weighted by Crippen LogP contribution is 2.36. The fourth-order valence-electron chi connectivity index (χ4n) is 1.58. The average Bonchev–Trinajstić information content (AvgIpc) is 2.40. The number of nitrogens with zero attached hydrogens (tertiary/aromatic N) is 2. The van der Waals surface area contributed by atoms with E-state index in [9.17, 15) is 0 Å². The predicted molar refractivity (Wildman–Crippen MR) is 65.2 cm³/mol. The summed E-state index contributed by atoms with van der Waals surface area (Å²) in [6.07, 6.45) is 3.41. The lowest BCUT2D eigenvalue weighted by atomic mass is 10.1. The Morgan fingerprint density at radius 1 is 1.12 bits per heavy atom. The van der Waals surface area contributed by atoms with E-state index in [0.717, 1.165) is 5.56 Å². The summed E-state index contributed by atoms with van der Waals surface area (Å²) >= 11 is 0. The summed E-state index contributed by atoms with van der Waals surface area (Å²) in [5.74, 6) is 2.01. The molecule has 0 atom stereocenters. The Hall–Kier alpha value is -2.10. The van der Waals surface area contributed by atoms with Crippen LogP contribution in [0.3, 0.4) is 0 Å². The first-order chi connectivity index (χ1) is 8.36. The van der Waals surface area contributed by atoms with Crippen molar-refractivity contribution in [3.63, 3.8) is 0 Å². The normalized spacial score (nSPS) is 10.0. The Kier molecular flexibility index (Phi) is 3.55. The fourth-order valence-corrected chi connectivity index (χ4v) is 1.58. The van der Waals surface area contributed by atoms with E-state index in [2.05, 4.69) is 9.97 Å². The second-order valence-corrected chi connectivity index (χ2v) is 3.34. The van der Waals surface area contributed by atoms with Gasteiger partial charge in [0.25, 0.3) is 0 Å². The predicted octanol–water partition coefficient (Wildman–Crippen LogP) is 2.55. The lowest BCUT2D eigenvalue weighted by Gasteiger charge is -2.12. The Morgan fingerprint density at radius 2 is 1.88 bits per heavy atom. The zero-order chi connectivity index (χ0) is 12.1. The maximum absolute atomic E-state index is 5.61. The van der Waals surface area contributed by atoms with Crippen LogP contribution in [0.15, 0.2) is 36.7 Å². The largest absolute Gasteiger partial charge is 0.493 e. The molecule has 88 valence electrons. The molecule has 0 saturated carbocycles. The second kappa shape index (κ2) is 5.30. The van der Waals surface area contributed by atoms with Gasteiger partial charge in [0.2, 0.25) is 0 Å². The van der Waals surface area contributed by atoms with Crippen LogP contribution in [0.5, 0.6) is 11.5 Å². The fraction of sp³-hybridized carbons (Fsp3) is 0.231. The van der Waals surface area contributed by atoms with Crippen molar-refractivity contribution in [3.8, 4) is 22.9 Å². The molecule has 0 spiro atoms. The lowest BCUT2D eigenvalue weighted by Crippen LogP contribution is -1.99. The Balaban J connectivity index is 2.53. The zero-order valence-electron chi connectivity index (χ0n) is 9.88. The molecular weight excluding hydrogens is 216 g/mol. The number of methoxy groups -OCH3 is 1. The molecule has 0 saturated heterocycles. The molecular formula is C13H14N2O2. The van der Waals surface area contributed by atoms with Gasteiger partial charge in [0.1, 0.15) is 0 Å². The van der Waals surface area contributed by atoms with Gasteiger partial charge in [0, 0.05) is 12.4 Å². The van der Waals surface area contributed by atoms with Gasteiger partial charge in [-0.1, -0.05) is 6.07 Å². The van der Waals surface area contributed by atoms with Gasteiger partial charge < -0.3 is 9.47 Å². The Bertz CT molecular complexity index is 486. The Labute approximate surface area is 100 Å². The Morgan fingerprint density at radius 3 is 2.53 bits per heavy atom. The molecule has 0 amide bonds. The SMILES string of the molecule is CCOc1c(OC)cccc1-c1ncccn1. The minimum Gasteiger partial charge on any atom is -0.493 e. The lowest BCUT2D eigenvalue weighted by molar-refractivity contribution is 0.312. The highest BCUT2D eigenvalue weighted by molar-refractivity contribution is 5.68. The molecule has 1 aromatic carbocycles. The van der Waals surface area contributed by atoms with E-state index in [4.69, 9.17) is 9.47 Å². The first kappa shape index (κ1) is 11.4. The molecule has 0 N–H and O–H groups in total. The molecule has 0 aliphatic rings. The van der Waals surface area contributed by atoms with Crippen LogP contribution in [-0.4, -0.2) is 23.7 Å². The van der Waals surface area contributed by atoms with Gasteiger partial charge in [-0.3, -0.25) is 0 Å². The molecule has 17 heavy (non-hydrogen) atoms. The molecule has 1 aromatic heterocycles. The van der Waals surface area contributed by atoms with Crippen LogP contribution in [0.2, 0.25) is 0 Å². The van der Waals surface area contributed by atoms with Crippen molar-refractivity contribution >= 4 is 0 Å². The van der Waals surface area contributed by atoms with E-state index in [1.807, 2.05) is 25.1 Å². The number of hydrogen-bond donors (Lipinski definition) is 0. The number of benzene rings is 1.